The molecule has 1 aliphatic carbocycles. The van der Waals surface area contributed by atoms with Gasteiger partial charge in [-0.1, -0.05) is 41.9 Å². The highest BCUT2D eigenvalue weighted by atomic mass is 35.5. The normalized spacial score (nSPS) is 12.5. The van der Waals surface area contributed by atoms with E-state index in [2.05, 4.69) is 5.32 Å². The first-order valence-electron chi connectivity index (χ1n) is 14.4. The lowest BCUT2D eigenvalue weighted by atomic mass is 9.95. The molecule has 0 fully saturated rings. The molecule has 1 aliphatic rings. The number of carbonyl (C=O) groups is 2. The van der Waals surface area contributed by atoms with E-state index in [9.17, 15) is 9.59 Å². The summed E-state index contributed by atoms with van der Waals surface area (Å²) in [6, 6.07) is 20.1. The molecule has 0 saturated carbocycles. The lowest BCUT2D eigenvalue weighted by Gasteiger charge is -2.14. The average molecular weight is 617 g/mol. The zero-order chi connectivity index (χ0) is 30.2. The maximum Gasteiger partial charge on any atom is 0.338 e. The summed E-state index contributed by atoms with van der Waals surface area (Å²) in [6.45, 7) is 4.64. The number of ether oxygens (including phenoxy) is 3. The van der Waals surface area contributed by atoms with Crippen LogP contribution in [0.15, 0.2) is 71.7 Å². The van der Waals surface area contributed by atoms with Crippen LogP contribution in [-0.2, 0) is 24.2 Å². The molecule has 4 aromatic rings. The van der Waals surface area contributed by atoms with Crippen LogP contribution in [0.5, 0.6) is 11.5 Å². The third-order valence-corrected chi connectivity index (χ3v) is 8.40. The summed E-state index contributed by atoms with van der Waals surface area (Å²) in [5.41, 5.74) is 4.56. The predicted octanol–water partition coefficient (Wildman–Crippen LogP) is 8.44. The van der Waals surface area contributed by atoms with Crippen LogP contribution in [-0.4, -0.2) is 31.3 Å². The summed E-state index contributed by atoms with van der Waals surface area (Å²) in [5.74, 6) is 0.405. The molecule has 0 spiro atoms. The van der Waals surface area contributed by atoms with Gasteiger partial charge in [0.25, 0.3) is 5.91 Å². The van der Waals surface area contributed by atoms with Gasteiger partial charge < -0.3 is 19.5 Å². The van der Waals surface area contributed by atoms with Crippen molar-refractivity contribution in [2.75, 3.05) is 18.5 Å². The molecule has 1 N–H and O–H groups in total. The van der Waals surface area contributed by atoms with Crippen LogP contribution in [0.2, 0.25) is 5.02 Å². The molecule has 1 amide bonds. The van der Waals surface area contributed by atoms with Gasteiger partial charge in [0.15, 0.2) is 11.5 Å². The maximum absolute atomic E-state index is 13.4. The third-order valence-electron chi connectivity index (χ3n) is 6.92. The zero-order valence-electron chi connectivity index (χ0n) is 24.2. The largest absolute Gasteiger partial charge is 0.490 e. The van der Waals surface area contributed by atoms with Crippen LogP contribution in [0.25, 0.3) is 0 Å². The number of fused-ring (bicyclic) bond motifs is 1. The smallest absolute Gasteiger partial charge is 0.338 e. The molecule has 3 aromatic carbocycles. The number of aryl methyl sites for hydroxylation is 1. The quantitative estimate of drug-likeness (QED) is 0.135. The number of nitrogens with zero attached hydrogens (tertiary/aromatic N) is 1. The van der Waals surface area contributed by atoms with Crippen LogP contribution in [0.1, 0.15) is 69.0 Å². The van der Waals surface area contributed by atoms with E-state index < -0.39 is 0 Å². The number of para-hydroxylation sites is 1. The molecule has 0 bridgehead atoms. The van der Waals surface area contributed by atoms with Crippen molar-refractivity contribution in [3.63, 3.8) is 0 Å². The highest BCUT2D eigenvalue weighted by molar-refractivity contribution is 7.16. The Kier molecular flexibility index (Phi) is 10.1. The van der Waals surface area contributed by atoms with Gasteiger partial charge in [-0.15, -0.1) is 11.3 Å². The van der Waals surface area contributed by atoms with E-state index in [0.717, 1.165) is 48.1 Å². The highest BCUT2D eigenvalue weighted by Gasteiger charge is 2.25. The fraction of sp³-hybridized carbons (Fsp3) is 0.265. The minimum absolute atomic E-state index is 0.148. The molecular weight excluding hydrogens is 584 g/mol. The van der Waals surface area contributed by atoms with Crippen molar-refractivity contribution >= 4 is 51.7 Å². The summed E-state index contributed by atoms with van der Waals surface area (Å²) in [5, 5.41) is 4.09. The van der Waals surface area contributed by atoms with E-state index in [-0.39, 0.29) is 18.5 Å². The summed E-state index contributed by atoms with van der Waals surface area (Å²) in [7, 11) is 0. The molecule has 1 aromatic heterocycles. The van der Waals surface area contributed by atoms with E-state index in [0.29, 0.717) is 45.9 Å². The van der Waals surface area contributed by atoms with Crippen molar-refractivity contribution in [1.29, 1.82) is 0 Å². The standard InChI is InChI=1S/C34H33ClN2O5S/c1-3-40-28-19-23(18-27(35)31(28)42-21-22-14-16-24(17-15-22)34(39)41-4-2)20-36-33-30(26-12-8-9-13-29(26)43-33)32(38)37-25-10-6-5-7-11-25/h5-7,10-11,14-20H,3-4,8-9,12-13,21H2,1-2H3,(H,37,38). The Morgan fingerprint density at radius 1 is 0.977 bits per heavy atom. The number of hydrogen-bond acceptors (Lipinski definition) is 7. The molecule has 0 unspecified atom stereocenters. The van der Waals surface area contributed by atoms with Gasteiger partial charge in [0.1, 0.15) is 11.6 Å². The van der Waals surface area contributed by atoms with Crippen molar-refractivity contribution in [2.24, 2.45) is 4.99 Å². The SMILES string of the molecule is CCOC(=O)c1ccc(COc2c(Cl)cc(C=Nc3sc4c(c3C(=O)Nc3ccccc3)CCCC4)cc2OCC)cc1. The summed E-state index contributed by atoms with van der Waals surface area (Å²) >= 11 is 8.26. The number of esters is 1. The second kappa shape index (κ2) is 14.4. The van der Waals surface area contributed by atoms with Gasteiger partial charge in [0.2, 0.25) is 0 Å². The first-order valence-corrected chi connectivity index (χ1v) is 15.6. The Bertz CT molecular complexity index is 1620. The maximum atomic E-state index is 13.4. The summed E-state index contributed by atoms with van der Waals surface area (Å²) < 4.78 is 17.0. The molecule has 43 heavy (non-hydrogen) atoms. The minimum atomic E-state index is -0.361. The van der Waals surface area contributed by atoms with Gasteiger partial charge in [-0.3, -0.25) is 4.79 Å². The van der Waals surface area contributed by atoms with Crippen LogP contribution in [0.3, 0.4) is 0 Å². The Morgan fingerprint density at radius 2 is 1.74 bits per heavy atom. The van der Waals surface area contributed by atoms with E-state index in [1.165, 1.54) is 4.88 Å². The Labute approximate surface area is 260 Å². The van der Waals surface area contributed by atoms with Crippen molar-refractivity contribution < 1.29 is 23.8 Å². The fourth-order valence-corrected chi connectivity index (χ4v) is 6.40. The summed E-state index contributed by atoms with van der Waals surface area (Å²) in [6.07, 6.45) is 5.71. The molecule has 1 heterocycles. The number of benzene rings is 3. The molecule has 222 valence electrons. The molecule has 0 radical (unpaired) electrons. The Balaban J connectivity index is 1.37. The first-order chi connectivity index (χ1) is 21.0. The number of halogens is 1. The highest BCUT2D eigenvalue weighted by Crippen LogP contribution is 2.41. The number of amides is 1. The van der Waals surface area contributed by atoms with Crippen molar-refractivity contribution in [3.05, 3.63) is 104 Å². The monoisotopic (exact) mass is 616 g/mol. The number of rotatable bonds is 11. The first kappa shape index (κ1) is 30.3. The molecule has 0 aliphatic heterocycles. The van der Waals surface area contributed by atoms with Crippen LogP contribution >= 0.6 is 22.9 Å². The number of hydrogen-bond donors (Lipinski definition) is 1. The molecule has 0 saturated heterocycles. The topological polar surface area (TPSA) is 86.2 Å². The van der Waals surface area contributed by atoms with Gasteiger partial charge in [0, 0.05) is 16.8 Å². The second-order valence-corrected chi connectivity index (χ2v) is 11.4. The second-order valence-electron chi connectivity index (χ2n) is 9.94. The zero-order valence-corrected chi connectivity index (χ0v) is 25.7. The minimum Gasteiger partial charge on any atom is -0.490 e. The lowest BCUT2D eigenvalue weighted by Crippen LogP contribution is -2.14. The number of thiophene rings is 1. The van der Waals surface area contributed by atoms with Crippen molar-refractivity contribution in [2.45, 2.75) is 46.1 Å². The fourth-order valence-electron chi connectivity index (χ4n) is 4.90. The number of nitrogens with one attached hydrogen (secondary N) is 1. The number of aliphatic imine (C=N–C) groups is 1. The molecule has 0 atom stereocenters. The van der Waals surface area contributed by atoms with E-state index in [1.807, 2.05) is 55.5 Å². The predicted molar refractivity (Wildman–Crippen MR) is 172 cm³/mol. The van der Waals surface area contributed by atoms with Gasteiger partial charge in [-0.25, -0.2) is 9.79 Å². The summed E-state index contributed by atoms with van der Waals surface area (Å²) in [4.78, 5) is 31.4. The average Bonchev–Trinajstić information content (AvgIpc) is 3.39. The molecular formula is C34H33ClN2O5S. The molecule has 7 nitrogen and oxygen atoms in total. The third kappa shape index (κ3) is 7.45. The van der Waals surface area contributed by atoms with Gasteiger partial charge in [-0.2, -0.15) is 0 Å². The van der Waals surface area contributed by atoms with Gasteiger partial charge >= 0.3 is 5.97 Å². The van der Waals surface area contributed by atoms with Crippen molar-refractivity contribution in [1.82, 2.24) is 0 Å². The van der Waals surface area contributed by atoms with Crippen LogP contribution in [0, 0.1) is 0 Å². The van der Waals surface area contributed by atoms with Gasteiger partial charge in [-0.05, 0) is 92.6 Å². The number of anilines is 1. The van der Waals surface area contributed by atoms with Crippen molar-refractivity contribution in [3.8, 4) is 11.5 Å². The Morgan fingerprint density at radius 3 is 2.49 bits per heavy atom. The number of carbonyl (C=O) groups excluding carboxylic acids is 2. The Hall–Kier alpha value is -4.14. The van der Waals surface area contributed by atoms with E-state index >= 15 is 0 Å². The molecule has 5 rings (SSSR count). The van der Waals surface area contributed by atoms with E-state index in [4.69, 9.17) is 30.8 Å². The van der Waals surface area contributed by atoms with Gasteiger partial charge in [0.05, 0.1) is 29.4 Å². The van der Waals surface area contributed by atoms with Crippen LogP contribution in [0.4, 0.5) is 10.7 Å². The lowest BCUT2D eigenvalue weighted by molar-refractivity contribution is 0.0526. The van der Waals surface area contributed by atoms with Crippen LogP contribution < -0.4 is 14.8 Å². The molecule has 9 heteroatoms. The van der Waals surface area contributed by atoms with E-state index in [1.54, 1.807) is 42.7 Å².